The Morgan fingerprint density at radius 2 is 2.23 bits per heavy atom. The first-order chi connectivity index (χ1) is 12.5. The molecule has 1 saturated heterocycles. The van der Waals surface area contributed by atoms with Crippen molar-refractivity contribution in [3.63, 3.8) is 0 Å². The molecule has 1 atom stereocenters. The number of rotatable bonds is 6. The normalized spacial score (nSPS) is 17.2. The van der Waals surface area contributed by atoms with Crippen LogP contribution >= 0.6 is 11.6 Å². The molecule has 4 nitrogen and oxygen atoms in total. The molecule has 0 aliphatic carbocycles. The van der Waals surface area contributed by atoms with Crippen molar-refractivity contribution in [2.75, 3.05) is 24.5 Å². The van der Waals surface area contributed by atoms with E-state index in [4.69, 9.17) is 21.3 Å². The minimum atomic E-state index is 0.381. The summed E-state index contributed by atoms with van der Waals surface area (Å²) in [6.45, 7) is 11.7. The van der Waals surface area contributed by atoms with Crippen LogP contribution in [-0.4, -0.2) is 30.6 Å². The van der Waals surface area contributed by atoms with E-state index in [1.807, 2.05) is 32.0 Å². The summed E-state index contributed by atoms with van der Waals surface area (Å²) in [4.78, 5) is 4.77. The summed E-state index contributed by atoms with van der Waals surface area (Å²) >= 11 is 6.26. The highest BCUT2D eigenvalue weighted by Gasteiger charge is 2.28. The highest BCUT2D eigenvalue weighted by molar-refractivity contribution is 6.32. The third kappa shape index (κ3) is 4.30. The average molecular weight is 370 g/mol. The van der Waals surface area contributed by atoms with Gasteiger partial charge >= 0.3 is 0 Å². The molecular weight excluding hydrogens is 346 g/mol. The van der Waals surface area contributed by atoms with E-state index in [9.17, 15) is 0 Å². The molecule has 0 N–H and O–H groups in total. The second-order valence-electron chi connectivity index (χ2n) is 7.05. The van der Waals surface area contributed by atoms with Gasteiger partial charge in [0.05, 0.1) is 17.1 Å². The van der Waals surface area contributed by atoms with E-state index in [-0.39, 0.29) is 0 Å². The Morgan fingerprint density at radius 3 is 2.85 bits per heavy atom. The van der Waals surface area contributed by atoms with E-state index >= 15 is 0 Å². The zero-order valence-electron chi connectivity index (χ0n) is 15.3. The Labute approximate surface area is 160 Å². The first kappa shape index (κ1) is 18.6. The van der Waals surface area contributed by atoms with Gasteiger partial charge < -0.3 is 9.32 Å². The Bertz CT molecular complexity index is 836. The monoisotopic (exact) mass is 369 g/mol. The third-order valence-electron chi connectivity index (χ3n) is 4.71. The van der Waals surface area contributed by atoms with Crippen molar-refractivity contribution in [3.8, 4) is 6.07 Å². The molecule has 3 rings (SSSR count). The topological polar surface area (TPSA) is 43.4 Å². The summed E-state index contributed by atoms with van der Waals surface area (Å²) in [7, 11) is 0. The van der Waals surface area contributed by atoms with E-state index < -0.39 is 0 Å². The molecule has 1 aliphatic heterocycles. The predicted octanol–water partition coefficient (Wildman–Crippen LogP) is 4.77. The summed E-state index contributed by atoms with van der Waals surface area (Å²) in [5.41, 5.74) is 2.65. The fraction of sp³-hybridized carbons (Fsp3) is 0.381. The summed E-state index contributed by atoms with van der Waals surface area (Å²) in [6.07, 6.45) is 1.07. The molecule has 0 bridgehead atoms. The molecule has 26 heavy (non-hydrogen) atoms. The van der Waals surface area contributed by atoms with Crippen LogP contribution in [0.4, 0.5) is 5.69 Å². The van der Waals surface area contributed by atoms with Gasteiger partial charge in [-0.15, -0.1) is 0 Å². The molecule has 2 aromatic rings. The zero-order valence-corrected chi connectivity index (χ0v) is 16.1. The molecular formula is C21H24ClN3O. The Morgan fingerprint density at radius 1 is 1.42 bits per heavy atom. The maximum absolute atomic E-state index is 9.10. The maximum Gasteiger partial charge on any atom is 0.118 e. The highest BCUT2D eigenvalue weighted by atomic mass is 35.5. The molecule has 0 amide bonds. The van der Waals surface area contributed by atoms with Crippen molar-refractivity contribution in [2.24, 2.45) is 0 Å². The summed E-state index contributed by atoms with van der Waals surface area (Å²) < 4.78 is 5.71. The Kier molecular flexibility index (Phi) is 5.70. The van der Waals surface area contributed by atoms with E-state index in [0.29, 0.717) is 16.6 Å². The van der Waals surface area contributed by atoms with Crippen LogP contribution in [0.15, 0.2) is 46.9 Å². The lowest BCUT2D eigenvalue weighted by atomic mass is 10.1. The highest BCUT2D eigenvalue weighted by Crippen LogP contribution is 2.29. The number of nitriles is 1. The Balaban J connectivity index is 1.75. The van der Waals surface area contributed by atoms with Crippen molar-refractivity contribution < 1.29 is 4.42 Å². The second-order valence-corrected chi connectivity index (χ2v) is 7.46. The molecule has 2 heterocycles. The minimum absolute atomic E-state index is 0.381. The van der Waals surface area contributed by atoms with E-state index in [0.717, 1.165) is 55.4 Å². The van der Waals surface area contributed by atoms with Gasteiger partial charge in [0.2, 0.25) is 0 Å². The summed E-state index contributed by atoms with van der Waals surface area (Å²) in [5.74, 6) is 1.96. The number of benzene rings is 1. The molecule has 0 spiro atoms. The van der Waals surface area contributed by atoms with Crippen LogP contribution in [0.3, 0.4) is 0 Å². The fourth-order valence-corrected chi connectivity index (χ4v) is 3.71. The fourth-order valence-electron chi connectivity index (χ4n) is 3.50. The lowest BCUT2D eigenvalue weighted by Gasteiger charge is -2.32. The van der Waals surface area contributed by atoms with Crippen molar-refractivity contribution >= 4 is 17.3 Å². The van der Waals surface area contributed by atoms with Gasteiger partial charge in [-0.1, -0.05) is 23.8 Å². The minimum Gasteiger partial charge on any atom is -0.465 e. The van der Waals surface area contributed by atoms with Gasteiger partial charge in [0.25, 0.3) is 0 Å². The van der Waals surface area contributed by atoms with Gasteiger partial charge in [-0.05, 0) is 50.6 Å². The molecule has 1 aromatic carbocycles. The molecule has 1 aliphatic rings. The zero-order chi connectivity index (χ0) is 18.7. The second kappa shape index (κ2) is 7.99. The predicted molar refractivity (Wildman–Crippen MR) is 105 cm³/mol. The number of nitrogens with zero attached hydrogens (tertiary/aromatic N) is 3. The van der Waals surface area contributed by atoms with Gasteiger partial charge in [-0.25, -0.2) is 0 Å². The number of furan rings is 1. The van der Waals surface area contributed by atoms with Gasteiger partial charge in [-0.2, -0.15) is 5.26 Å². The van der Waals surface area contributed by atoms with Crippen molar-refractivity contribution in [2.45, 2.75) is 32.9 Å². The smallest absolute Gasteiger partial charge is 0.118 e. The molecule has 1 aromatic heterocycles. The van der Waals surface area contributed by atoms with Crippen molar-refractivity contribution in [3.05, 3.63) is 64.6 Å². The van der Waals surface area contributed by atoms with Gasteiger partial charge in [0, 0.05) is 31.4 Å². The molecule has 0 radical (unpaired) electrons. The van der Waals surface area contributed by atoms with Crippen LogP contribution in [-0.2, 0) is 6.54 Å². The quantitative estimate of drug-likeness (QED) is 0.688. The number of aryl methyl sites for hydroxylation is 1. The van der Waals surface area contributed by atoms with Gasteiger partial charge in [-0.3, -0.25) is 4.90 Å². The maximum atomic E-state index is 9.10. The van der Waals surface area contributed by atoms with Gasteiger partial charge in [0.15, 0.2) is 0 Å². The lowest BCUT2D eigenvalue weighted by molar-refractivity contribution is 0.290. The first-order valence-electron chi connectivity index (χ1n) is 8.84. The van der Waals surface area contributed by atoms with Crippen LogP contribution in [0, 0.1) is 18.3 Å². The number of likely N-dealkylation sites (tertiary alicyclic amines) is 1. The number of anilines is 1. The van der Waals surface area contributed by atoms with E-state index in [1.165, 1.54) is 0 Å². The Hall–Kier alpha value is -2.22. The van der Waals surface area contributed by atoms with Gasteiger partial charge in [0.1, 0.15) is 17.6 Å². The SMILES string of the molecule is C=C(C)CN(c1ccc(C#N)c(Cl)c1)[C@H]1CCN(Cc2ccc(C)o2)C1. The largest absolute Gasteiger partial charge is 0.465 e. The van der Waals surface area contributed by atoms with Crippen LogP contribution in [0.25, 0.3) is 0 Å². The van der Waals surface area contributed by atoms with Crippen LogP contribution in [0.5, 0.6) is 0 Å². The number of hydrogen-bond donors (Lipinski definition) is 0. The van der Waals surface area contributed by atoms with E-state index in [2.05, 4.69) is 28.5 Å². The third-order valence-corrected chi connectivity index (χ3v) is 5.02. The summed E-state index contributed by atoms with van der Waals surface area (Å²) in [5, 5.41) is 9.60. The van der Waals surface area contributed by atoms with Crippen LogP contribution in [0.2, 0.25) is 5.02 Å². The van der Waals surface area contributed by atoms with Crippen molar-refractivity contribution in [1.29, 1.82) is 5.26 Å². The number of hydrogen-bond acceptors (Lipinski definition) is 4. The number of halogens is 1. The molecule has 1 fully saturated rings. The lowest BCUT2D eigenvalue weighted by Crippen LogP contribution is -2.38. The average Bonchev–Trinajstić information content (AvgIpc) is 3.22. The van der Waals surface area contributed by atoms with Crippen molar-refractivity contribution in [1.82, 2.24) is 4.90 Å². The first-order valence-corrected chi connectivity index (χ1v) is 9.22. The molecule has 5 heteroatoms. The molecule has 136 valence electrons. The van der Waals surface area contributed by atoms with Crippen LogP contribution in [0.1, 0.15) is 30.4 Å². The summed E-state index contributed by atoms with van der Waals surface area (Å²) in [6, 6.07) is 12.2. The van der Waals surface area contributed by atoms with E-state index in [1.54, 1.807) is 6.07 Å². The van der Waals surface area contributed by atoms with Crippen LogP contribution < -0.4 is 4.90 Å². The molecule has 0 unspecified atom stereocenters. The molecule has 0 saturated carbocycles. The standard InChI is InChI=1S/C21H24ClN3O/c1-15(2)12-25(18-6-5-17(11-23)21(22)10-18)19-8-9-24(13-19)14-20-7-4-16(3)26-20/h4-7,10,19H,1,8-9,12-14H2,2-3H3/t19-/m0/s1.